The molecule has 0 saturated carbocycles. The molecule has 0 aromatic carbocycles. The third-order valence-corrected chi connectivity index (χ3v) is 3.11. The van der Waals surface area contributed by atoms with Crippen LogP contribution in [-0.2, 0) is 0 Å². The monoisotopic (exact) mass is 294 g/mol. The van der Waals surface area contributed by atoms with Crippen LogP contribution in [0.4, 0.5) is 0 Å². The molecular weight excluding hydrogens is 284 g/mol. The van der Waals surface area contributed by atoms with Crippen LogP contribution in [0.25, 0.3) is 0 Å². The highest BCUT2D eigenvalue weighted by atomic mass is 35.5. The van der Waals surface area contributed by atoms with Crippen LogP contribution in [0.1, 0.15) is 10.5 Å². The van der Waals surface area contributed by atoms with Crippen LogP contribution in [0.2, 0.25) is 5.15 Å². The number of carbonyl (C=O) groups is 1. The van der Waals surface area contributed by atoms with Crippen molar-refractivity contribution < 1.29 is 9.53 Å². The Morgan fingerprint density at radius 3 is 3.00 bits per heavy atom. The maximum absolute atomic E-state index is 11.9. The predicted molar refractivity (Wildman–Crippen MR) is 68.3 cm³/mol. The SMILES string of the molecule is O=C(c1cn[nH]n1)N1CC(COc2cncc(Cl)n2)C1. The third kappa shape index (κ3) is 2.69. The van der Waals surface area contributed by atoms with Crippen molar-refractivity contribution in [3.05, 3.63) is 29.4 Å². The quantitative estimate of drug-likeness (QED) is 0.876. The van der Waals surface area contributed by atoms with Crippen molar-refractivity contribution in [3.63, 3.8) is 0 Å². The van der Waals surface area contributed by atoms with Crippen LogP contribution in [-0.4, -0.2) is 55.9 Å². The molecule has 2 aromatic rings. The first-order valence-electron chi connectivity index (χ1n) is 5.98. The Labute approximate surface area is 119 Å². The molecule has 1 saturated heterocycles. The number of nitrogens with zero attached hydrogens (tertiary/aromatic N) is 5. The van der Waals surface area contributed by atoms with Gasteiger partial charge >= 0.3 is 0 Å². The molecule has 1 N–H and O–H groups in total. The molecule has 0 radical (unpaired) electrons. The molecule has 0 unspecified atom stereocenters. The fourth-order valence-electron chi connectivity index (χ4n) is 1.91. The van der Waals surface area contributed by atoms with Gasteiger partial charge in [-0.1, -0.05) is 11.6 Å². The van der Waals surface area contributed by atoms with E-state index in [4.69, 9.17) is 16.3 Å². The van der Waals surface area contributed by atoms with E-state index >= 15 is 0 Å². The predicted octanol–water partition coefficient (Wildman–Crippen LogP) is 0.399. The van der Waals surface area contributed by atoms with Gasteiger partial charge in [-0.15, -0.1) is 0 Å². The highest BCUT2D eigenvalue weighted by molar-refractivity contribution is 6.29. The van der Waals surface area contributed by atoms with Crippen molar-refractivity contribution in [1.82, 2.24) is 30.3 Å². The molecule has 0 aliphatic carbocycles. The zero-order valence-electron chi connectivity index (χ0n) is 10.4. The molecule has 2 aromatic heterocycles. The Hall–Kier alpha value is -2.22. The molecule has 104 valence electrons. The Morgan fingerprint density at radius 1 is 1.45 bits per heavy atom. The van der Waals surface area contributed by atoms with Gasteiger partial charge in [0, 0.05) is 19.0 Å². The van der Waals surface area contributed by atoms with E-state index in [1.54, 1.807) is 4.90 Å². The first-order valence-corrected chi connectivity index (χ1v) is 6.35. The lowest BCUT2D eigenvalue weighted by atomic mass is 10.0. The number of likely N-dealkylation sites (tertiary alicyclic amines) is 1. The molecule has 3 heterocycles. The van der Waals surface area contributed by atoms with Gasteiger partial charge in [-0.3, -0.25) is 9.78 Å². The highest BCUT2D eigenvalue weighted by Gasteiger charge is 2.32. The summed E-state index contributed by atoms with van der Waals surface area (Å²) in [6, 6.07) is 0. The fraction of sp³-hybridized carbons (Fsp3) is 0.364. The first kappa shape index (κ1) is 12.8. The van der Waals surface area contributed by atoms with E-state index in [1.807, 2.05) is 0 Å². The maximum atomic E-state index is 11.9. The second kappa shape index (κ2) is 5.41. The molecule has 1 fully saturated rings. The number of hydrogen-bond donors (Lipinski definition) is 1. The number of aromatic nitrogens is 5. The lowest BCUT2D eigenvalue weighted by Crippen LogP contribution is -2.52. The van der Waals surface area contributed by atoms with Gasteiger partial charge in [-0.2, -0.15) is 20.4 Å². The van der Waals surface area contributed by atoms with Gasteiger partial charge in [0.05, 0.1) is 25.2 Å². The molecule has 9 heteroatoms. The second-order valence-corrected chi connectivity index (χ2v) is 4.81. The average Bonchev–Trinajstić information content (AvgIpc) is 2.90. The van der Waals surface area contributed by atoms with Crippen molar-refractivity contribution in [2.24, 2.45) is 5.92 Å². The van der Waals surface area contributed by atoms with Gasteiger partial charge in [-0.05, 0) is 0 Å². The number of amides is 1. The molecule has 1 aliphatic heterocycles. The summed E-state index contributed by atoms with van der Waals surface area (Å²) in [4.78, 5) is 21.4. The molecular formula is C11H11ClN6O2. The minimum absolute atomic E-state index is 0.127. The molecule has 1 aliphatic rings. The summed E-state index contributed by atoms with van der Waals surface area (Å²) in [5, 5.41) is 10.1. The second-order valence-electron chi connectivity index (χ2n) is 4.42. The van der Waals surface area contributed by atoms with Crippen molar-refractivity contribution in [2.75, 3.05) is 19.7 Å². The fourth-order valence-corrected chi connectivity index (χ4v) is 2.05. The van der Waals surface area contributed by atoms with Crippen molar-refractivity contribution in [2.45, 2.75) is 0 Å². The summed E-state index contributed by atoms with van der Waals surface area (Å²) in [7, 11) is 0. The van der Waals surface area contributed by atoms with Gasteiger partial charge in [0.15, 0.2) is 10.8 Å². The largest absolute Gasteiger partial charge is 0.476 e. The molecule has 0 spiro atoms. The van der Waals surface area contributed by atoms with Crippen LogP contribution in [0.5, 0.6) is 5.88 Å². The van der Waals surface area contributed by atoms with Gasteiger partial charge in [0.25, 0.3) is 5.91 Å². The highest BCUT2D eigenvalue weighted by Crippen LogP contribution is 2.19. The Balaban J connectivity index is 1.46. The average molecular weight is 295 g/mol. The molecule has 8 nitrogen and oxygen atoms in total. The van der Waals surface area contributed by atoms with E-state index in [9.17, 15) is 4.79 Å². The minimum Gasteiger partial charge on any atom is -0.476 e. The third-order valence-electron chi connectivity index (χ3n) is 2.93. The van der Waals surface area contributed by atoms with Crippen molar-refractivity contribution >= 4 is 17.5 Å². The number of nitrogens with one attached hydrogen (secondary N) is 1. The Kier molecular flexibility index (Phi) is 3.46. The van der Waals surface area contributed by atoms with Gasteiger partial charge < -0.3 is 9.64 Å². The molecule has 20 heavy (non-hydrogen) atoms. The minimum atomic E-state index is -0.127. The standard InChI is InChI=1S/C11H11ClN6O2/c12-9-2-13-3-10(15-9)20-6-7-4-18(5-7)11(19)8-1-14-17-16-8/h1-3,7H,4-6H2,(H,14,16,17). The van der Waals surface area contributed by atoms with E-state index in [2.05, 4.69) is 25.4 Å². The number of carbonyl (C=O) groups excluding carboxylic acids is 1. The van der Waals surface area contributed by atoms with Crippen molar-refractivity contribution in [3.8, 4) is 5.88 Å². The van der Waals surface area contributed by atoms with E-state index in [0.29, 0.717) is 36.4 Å². The maximum Gasteiger partial charge on any atom is 0.276 e. The number of ether oxygens (including phenoxy) is 1. The number of rotatable bonds is 4. The van der Waals surface area contributed by atoms with Crippen LogP contribution in [0.15, 0.2) is 18.6 Å². The zero-order valence-corrected chi connectivity index (χ0v) is 11.1. The smallest absolute Gasteiger partial charge is 0.276 e. The summed E-state index contributed by atoms with van der Waals surface area (Å²) >= 11 is 5.71. The van der Waals surface area contributed by atoms with Crippen LogP contribution >= 0.6 is 11.6 Å². The van der Waals surface area contributed by atoms with E-state index in [1.165, 1.54) is 18.6 Å². The molecule has 0 bridgehead atoms. The van der Waals surface area contributed by atoms with Gasteiger partial charge in [0.2, 0.25) is 5.88 Å². The summed E-state index contributed by atoms with van der Waals surface area (Å²) in [6.07, 6.45) is 4.35. The summed E-state index contributed by atoms with van der Waals surface area (Å²) < 4.78 is 5.48. The lowest BCUT2D eigenvalue weighted by molar-refractivity contribution is 0.0382. The summed E-state index contributed by atoms with van der Waals surface area (Å²) in [6.45, 7) is 1.72. The lowest BCUT2D eigenvalue weighted by Gasteiger charge is -2.38. The molecule has 3 rings (SSSR count). The van der Waals surface area contributed by atoms with Gasteiger partial charge in [0.1, 0.15) is 0 Å². The normalized spacial score (nSPS) is 14.9. The Morgan fingerprint density at radius 2 is 2.30 bits per heavy atom. The number of halogens is 1. The topological polar surface area (TPSA) is 96.9 Å². The Bertz CT molecular complexity index is 599. The zero-order chi connectivity index (χ0) is 13.9. The number of aromatic amines is 1. The summed E-state index contributed by atoms with van der Waals surface area (Å²) in [5.74, 6) is 0.531. The molecule has 0 atom stereocenters. The molecule has 1 amide bonds. The van der Waals surface area contributed by atoms with Gasteiger partial charge in [-0.25, -0.2) is 0 Å². The van der Waals surface area contributed by atoms with Crippen LogP contribution < -0.4 is 4.74 Å². The summed E-state index contributed by atoms with van der Waals surface area (Å²) in [5.41, 5.74) is 0.324. The van der Waals surface area contributed by atoms with Crippen LogP contribution in [0, 0.1) is 5.92 Å². The number of hydrogen-bond acceptors (Lipinski definition) is 6. The first-order chi connectivity index (χ1) is 9.72. The van der Waals surface area contributed by atoms with E-state index in [0.717, 1.165) is 0 Å². The van der Waals surface area contributed by atoms with E-state index in [-0.39, 0.29) is 11.8 Å². The van der Waals surface area contributed by atoms with Crippen molar-refractivity contribution in [1.29, 1.82) is 0 Å². The van der Waals surface area contributed by atoms with Crippen LogP contribution in [0.3, 0.4) is 0 Å². The van der Waals surface area contributed by atoms with E-state index < -0.39 is 0 Å². The number of H-pyrrole nitrogens is 1.